The first kappa shape index (κ1) is 84.1. The minimum atomic E-state index is -4.95. The van der Waals surface area contributed by atoms with Crippen molar-refractivity contribution < 1.29 is 80.2 Å². The molecule has 4 unspecified atom stereocenters. The van der Waals surface area contributed by atoms with Crippen LogP contribution in [-0.2, 0) is 65.4 Å². The molecule has 3 N–H and O–H groups in total. The van der Waals surface area contributed by atoms with E-state index in [9.17, 15) is 43.2 Å². The highest BCUT2D eigenvalue weighted by Gasteiger charge is 2.30. The SMILES string of the molecule is CCCCCCCCCCCCCCCC(=O)OC[C@H](COP(=O)(O)OC[C@@H](O)COP(=O)(O)OC[C@@H](COC(=O)CCCCCCCCCCC)OC(=O)CCCCCCCCC(C)CC)OC(=O)CCCCCCCCCCCCC(C)CC. The summed E-state index contributed by atoms with van der Waals surface area (Å²) < 4.78 is 68.1. The maximum Gasteiger partial charge on any atom is 0.472 e. The Morgan fingerprint density at radius 2 is 0.558 bits per heavy atom. The number of esters is 4. The van der Waals surface area contributed by atoms with Crippen molar-refractivity contribution in [2.45, 2.75) is 355 Å². The highest BCUT2D eigenvalue weighted by Crippen LogP contribution is 2.45. The predicted octanol–water partition coefficient (Wildman–Crippen LogP) is 18.8. The standard InChI is InChI=1S/C67H130O17P2/c1-7-11-13-15-17-19-20-21-22-27-31-38-44-50-65(70)78-55-62(83-66(71)51-45-39-32-28-24-23-26-29-35-41-47-59(5)9-3)57-81-85(73,74)79-53-61(68)54-80-86(75,76)82-58-63(56-77-64(69)49-43-37-30-25-18-16-14-12-8-2)84-67(72)52-46-40-34-33-36-42-48-60(6)10-4/h59-63,68H,7-58H2,1-6H3,(H,73,74)(H,75,76)/t59?,60?,61-,62-,63-/m1/s1. The monoisotopic (exact) mass is 1270 g/mol. The van der Waals surface area contributed by atoms with E-state index in [0.29, 0.717) is 25.7 Å². The van der Waals surface area contributed by atoms with Gasteiger partial charge < -0.3 is 33.8 Å². The number of rotatable bonds is 66. The number of aliphatic hydroxyl groups excluding tert-OH is 1. The van der Waals surface area contributed by atoms with Crippen LogP contribution in [0.1, 0.15) is 337 Å². The zero-order valence-electron chi connectivity index (χ0n) is 55.6. The van der Waals surface area contributed by atoms with Crippen molar-refractivity contribution in [2.75, 3.05) is 39.6 Å². The summed E-state index contributed by atoms with van der Waals surface area (Å²) in [5.41, 5.74) is 0. The summed E-state index contributed by atoms with van der Waals surface area (Å²) in [4.78, 5) is 72.3. The van der Waals surface area contributed by atoms with E-state index in [0.717, 1.165) is 102 Å². The minimum Gasteiger partial charge on any atom is -0.462 e. The lowest BCUT2D eigenvalue weighted by atomic mass is 9.99. The molecule has 0 heterocycles. The highest BCUT2D eigenvalue weighted by atomic mass is 31.2. The fourth-order valence-electron chi connectivity index (χ4n) is 10.00. The molecule has 7 atom stereocenters. The molecule has 0 aliphatic heterocycles. The van der Waals surface area contributed by atoms with Crippen molar-refractivity contribution >= 4 is 39.5 Å². The van der Waals surface area contributed by atoms with Gasteiger partial charge in [0.15, 0.2) is 12.2 Å². The third kappa shape index (κ3) is 58.4. The van der Waals surface area contributed by atoms with Crippen LogP contribution in [0.25, 0.3) is 0 Å². The van der Waals surface area contributed by atoms with Gasteiger partial charge in [-0.1, -0.05) is 286 Å². The molecule has 0 aromatic carbocycles. The van der Waals surface area contributed by atoms with Crippen LogP contribution in [0.3, 0.4) is 0 Å². The van der Waals surface area contributed by atoms with E-state index in [1.165, 1.54) is 154 Å². The van der Waals surface area contributed by atoms with Crippen molar-refractivity contribution in [2.24, 2.45) is 11.8 Å². The van der Waals surface area contributed by atoms with Gasteiger partial charge in [0.2, 0.25) is 0 Å². The molecular formula is C67H130O17P2. The number of hydrogen-bond acceptors (Lipinski definition) is 15. The summed E-state index contributed by atoms with van der Waals surface area (Å²) in [6.07, 6.45) is 42.9. The molecule has 0 aromatic heterocycles. The average Bonchev–Trinajstić information content (AvgIpc) is 3.70. The molecule has 0 spiro atoms. The maximum atomic E-state index is 13.0. The quantitative estimate of drug-likeness (QED) is 0.0222. The van der Waals surface area contributed by atoms with Gasteiger partial charge in [0.25, 0.3) is 0 Å². The van der Waals surface area contributed by atoms with E-state index in [1.54, 1.807) is 0 Å². The van der Waals surface area contributed by atoms with Crippen LogP contribution in [0.4, 0.5) is 0 Å². The molecule has 17 nitrogen and oxygen atoms in total. The minimum absolute atomic E-state index is 0.103. The van der Waals surface area contributed by atoms with Crippen molar-refractivity contribution in [3.05, 3.63) is 0 Å². The number of carbonyl (C=O) groups is 4. The van der Waals surface area contributed by atoms with Gasteiger partial charge >= 0.3 is 39.5 Å². The van der Waals surface area contributed by atoms with Crippen LogP contribution in [-0.4, -0.2) is 96.7 Å². The molecule has 0 fully saturated rings. The first-order valence-electron chi connectivity index (χ1n) is 35.1. The second-order valence-corrected chi connectivity index (χ2v) is 27.6. The van der Waals surface area contributed by atoms with Crippen LogP contribution >= 0.6 is 15.6 Å². The molecule has 0 bridgehead atoms. The fraction of sp³-hybridized carbons (Fsp3) is 0.940. The maximum absolute atomic E-state index is 13.0. The third-order valence-corrected chi connectivity index (χ3v) is 18.1. The molecule has 0 aliphatic rings. The van der Waals surface area contributed by atoms with Gasteiger partial charge in [-0.15, -0.1) is 0 Å². The summed E-state index contributed by atoms with van der Waals surface area (Å²) in [5, 5.41) is 10.6. The summed E-state index contributed by atoms with van der Waals surface area (Å²) >= 11 is 0. The summed E-state index contributed by atoms with van der Waals surface area (Å²) in [6, 6.07) is 0. The van der Waals surface area contributed by atoms with Gasteiger partial charge in [-0.2, -0.15) is 0 Å². The second kappa shape index (κ2) is 59.4. The van der Waals surface area contributed by atoms with E-state index in [4.69, 9.17) is 37.0 Å². The predicted molar refractivity (Wildman–Crippen MR) is 345 cm³/mol. The molecule has 0 amide bonds. The van der Waals surface area contributed by atoms with Gasteiger partial charge in [0, 0.05) is 25.7 Å². The van der Waals surface area contributed by atoms with Crippen molar-refractivity contribution in [1.29, 1.82) is 0 Å². The highest BCUT2D eigenvalue weighted by molar-refractivity contribution is 7.47. The van der Waals surface area contributed by atoms with Gasteiger partial charge in [-0.25, -0.2) is 9.13 Å². The molecule has 0 saturated heterocycles. The van der Waals surface area contributed by atoms with E-state index in [1.807, 2.05) is 0 Å². The van der Waals surface area contributed by atoms with Crippen LogP contribution in [0.2, 0.25) is 0 Å². The van der Waals surface area contributed by atoms with E-state index in [2.05, 4.69) is 41.5 Å². The number of phosphoric acid groups is 2. The summed E-state index contributed by atoms with van der Waals surface area (Å²) in [6.45, 7) is 9.49. The number of phosphoric ester groups is 2. The Morgan fingerprint density at radius 1 is 0.326 bits per heavy atom. The molecule has 86 heavy (non-hydrogen) atoms. The zero-order valence-corrected chi connectivity index (χ0v) is 57.4. The fourth-order valence-corrected chi connectivity index (χ4v) is 11.6. The zero-order chi connectivity index (χ0) is 63.6. The van der Waals surface area contributed by atoms with Gasteiger partial charge in [-0.05, 0) is 37.5 Å². The topological polar surface area (TPSA) is 237 Å². The number of aliphatic hydroxyl groups is 1. The van der Waals surface area contributed by atoms with Gasteiger partial charge in [0.1, 0.15) is 19.3 Å². The molecule has 0 aromatic rings. The van der Waals surface area contributed by atoms with Crippen molar-refractivity contribution in [3.8, 4) is 0 Å². The second-order valence-electron chi connectivity index (χ2n) is 24.7. The Kier molecular flexibility index (Phi) is 58.0. The number of ether oxygens (including phenoxy) is 4. The summed E-state index contributed by atoms with van der Waals surface area (Å²) in [5.74, 6) is -0.608. The normalized spacial score (nSPS) is 14.8. The van der Waals surface area contributed by atoms with Crippen LogP contribution in [0.15, 0.2) is 0 Å². The number of carbonyl (C=O) groups excluding carboxylic acids is 4. The lowest BCUT2D eigenvalue weighted by Gasteiger charge is -2.21. The lowest BCUT2D eigenvalue weighted by Crippen LogP contribution is -2.30. The van der Waals surface area contributed by atoms with Gasteiger partial charge in [-0.3, -0.25) is 37.3 Å². The third-order valence-electron chi connectivity index (χ3n) is 16.2. The van der Waals surface area contributed by atoms with Crippen LogP contribution in [0, 0.1) is 11.8 Å². The molecule has 0 rings (SSSR count). The smallest absolute Gasteiger partial charge is 0.462 e. The molecule has 0 aliphatic carbocycles. The Balaban J connectivity index is 5.25. The Bertz CT molecular complexity index is 1690. The first-order valence-corrected chi connectivity index (χ1v) is 38.1. The number of hydrogen-bond donors (Lipinski definition) is 3. The van der Waals surface area contributed by atoms with E-state index < -0.39 is 97.5 Å². The molecular weight excluding hydrogens is 1140 g/mol. The Labute approximate surface area is 524 Å². The Morgan fingerprint density at radius 3 is 0.826 bits per heavy atom. The van der Waals surface area contributed by atoms with Crippen LogP contribution < -0.4 is 0 Å². The van der Waals surface area contributed by atoms with Crippen molar-refractivity contribution in [3.63, 3.8) is 0 Å². The molecule has 510 valence electrons. The molecule has 0 radical (unpaired) electrons. The van der Waals surface area contributed by atoms with Crippen LogP contribution in [0.5, 0.6) is 0 Å². The van der Waals surface area contributed by atoms with Gasteiger partial charge in [0.05, 0.1) is 26.4 Å². The summed E-state index contributed by atoms with van der Waals surface area (Å²) in [7, 11) is -9.89. The molecule has 19 heteroatoms. The number of unbranched alkanes of at least 4 members (excludes halogenated alkanes) is 34. The average molecular weight is 1270 g/mol. The van der Waals surface area contributed by atoms with E-state index in [-0.39, 0.29) is 25.7 Å². The lowest BCUT2D eigenvalue weighted by molar-refractivity contribution is -0.161. The van der Waals surface area contributed by atoms with Crippen molar-refractivity contribution in [1.82, 2.24) is 0 Å². The largest absolute Gasteiger partial charge is 0.472 e. The van der Waals surface area contributed by atoms with E-state index >= 15 is 0 Å². The Hall–Kier alpha value is -1.94. The first-order chi connectivity index (χ1) is 41.4. The molecule has 0 saturated carbocycles.